The average Bonchev–Trinajstić information content (AvgIpc) is 2.82. The van der Waals surface area contributed by atoms with Crippen LogP contribution in [0.15, 0.2) is 9.78 Å². The highest BCUT2D eigenvalue weighted by molar-refractivity contribution is 14.1. The van der Waals surface area contributed by atoms with Crippen molar-refractivity contribution >= 4 is 40.4 Å². The number of ether oxygens (including phenoxy) is 3. The van der Waals surface area contributed by atoms with Crippen LogP contribution in [0.1, 0.15) is 20.3 Å². The standard InChI is InChI=1S/C13H17IN2O7/c1-6(17)21-5-10-9(22-7(2)18)3-11(23-10)16-4-8(14)12(19)15-13(16)20/h4,9-11,13,20H,3,5H2,1-2H3,(H,15,19)/t9-,10-,11-,13?/m1/s1. The molecule has 0 aromatic rings. The van der Waals surface area contributed by atoms with Crippen LogP contribution in [-0.4, -0.2) is 59.2 Å². The largest absolute Gasteiger partial charge is 0.463 e. The number of carbonyl (C=O) groups is 3. The Morgan fingerprint density at radius 1 is 1.48 bits per heavy atom. The van der Waals surface area contributed by atoms with E-state index in [1.165, 1.54) is 24.9 Å². The molecule has 2 aliphatic rings. The first-order chi connectivity index (χ1) is 10.8. The first kappa shape index (κ1) is 17.9. The first-order valence-electron chi connectivity index (χ1n) is 6.87. The number of carbonyl (C=O) groups excluding carboxylic acids is 3. The van der Waals surface area contributed by atoms with Gasteiger partial charge >= 0.3 is 11.9 Å². The van der Waals surface area contributed by atoms with Crippen LogP contribution in [0.3, 0.4) is 0 Å². The lowest BCUT2D eigenvalue weighted by atomic mass is 10.2. The fourth-order valence-corrected chi connectivity index (χ4v) is 2.81. The highest BCUT2D eigenvalue weighted by atomic mass is 127. The number of aliphatic hydroxyl groups is 1. The topological polar surface area (TPSA) is 114 Å². The van der Waals surface area contributed by atoms with Gasteiger partial charge in [-0.1, -0.05) is 0 Å². The summed E-state index contributed by atoms with van der Waals surface area (Å²) in [6.07, 6.45) is -1.43. The lowest BCUT2D eigenvalue weighted by Gasteiger charge is -2.34. The third-order valence-corrected chi connectivity index (χ3v) is 4.07. The Labute approximate surface area is 146 Å². The molecule has 0 saturated carbocycles. The van der Waals surface area contributed by atoms with Gasteiger partial charge in [0.25, 0.3) is 5.91 Å². The normalized spacial score (nSPS) is 30.5. The first-order valence-corrected chi connectivity index (χ1v) is 7.95. The van der Waals surface area contributed by atoms with Gasteiger partial charge in [0.05, 0.1) is 3.58 Å². The van der Waals surface area contributed by atoms with Crippen LogP contribution in [0.25, 0.3) is 0 Å². The number of hydrogen-bond acceptors (Lipinski definition) is 8. The minimum Gasteiger partial charge on any atom is -0.463 e. The average molecular weight is 440 g/mol. The van der Waals surface area contributed by atoms with Gasteiger partial charge in [0.2, 0.25) is 6.35 Å². The second kappa shape index (κ2) is 7.45. The van der Waals surface area contributed by atoms with Crippen LogP contribution < -0.4 is 5.32 Å². The molecule has 2 rings (SSSR count). The summed E-state index contributed by atoms with van der Waals surface area (Å²) in [5, 5.41) is 12.3. The summed E-state index contributed by atoms with van der Waals surface area (Å²) in [6, 6.07) is 0. The Morgan fingerprint density at radius 2 is 2.17 bits per heavy atom. The van der Waals surface area contributed by atoms with Crippen LogP contribution in [0.5, 0.6) is 0 Å². The fourth-order valence-electron chi connectivity index (χ4n) is 2.33. The summed E-state index contributed by atoms with van der Waals surface area (Å²) in [5.41, 5.74) is 0. The molecule has 128 valence electrons. The Kier molecular flexibility index (Phi) is 5.81. The number of halogens is 1. The molecule has 1 unspecified atom stereocenters. The van der Waals surface area contributed by atoms with Gasteiger partial charge in [0, 0.05) is 26.5 Å². The van der Waals surface area contributed by atoms with Crippen LogP contribution in [0.4, 0.5) is 0 Å². The zero-order valence-corrected chi connectivity index (χ0v) is 14.7. The Balaban J connectivity index is 2.10. The molecule has 0 aliphatic carbocycles. The quantitative estimate of drug-likeness (QED) is 0.448. The molecule has 23 heavy (non-hydrogen) atoms. The van der Waals surface area contributed by atoms with E-state index in [0.717, 1.165) is 0 Å². The Morgan fingerprint density at radius 3 is 2.78 bits per heavy atom. The second-order valence-corrected chi connectivity index (χ2v) is 6.25. The maximum Gasteiger partial charge on any atom is 0.303 e. The molecule has 0 aromatic carbocycles. The number of hydrogen-bond donors (Lipinski definition) is 2. The zero-order valence-electron chi connectivity index (χ0n) is 12.5. The molecular weight excluding hydrogens is 423 g/mol. The van der Waals surface area contributed by atoms with Crippen LogP contribution >= 0.6 is 22.6 Å². The van der Waals surface area contributed by atoms with Crippen molar-refractivity contribution in [2.75, 3.05) is 6.61 Å². The van der Waals surface area contributed by atoms with Gasteiger partial charge in [-0.3, -0.25) is 14.4 Å². The molecule has 9 nitrogen and oxygen atoms in total. The maximum atomic E-state index is 11.5. The summed E-state index contributed by atoms with van der Waals surface area (Å²) >= 11 is 1.84. The van der Waals surface area contributed by atoms with E-state index >= 15 is 0 Å². The van der Waals surface area contributed by atoms with Crippen molar-refractivity contribution in [3.8, 4) is 0 Å². The molecule has 1 amide bonds. The predicted octanol–water partition coefficient (Wildman–Crippen LogP) is -0.420. The number of nitrogens with one attached hydrogen (secondary N) is 1. The van der Waals surface area contributed by atoms with E-state index in [9.17, 15) is 19.5 Å². The fraction of sp³-hybridized carbons (Fsp3) is 0.615. The highest BCUT2D eigenvalue weighted by Gasteiger charge is 2.43. The van der Waals surface area contributed by atoms with E-state index in [4.69, 9.17) is 14.2 Å². The molecular formula is C13H17IN2O7. The van der Waals surface area contributed by atoms with Crippen LogP contribution in [0, 0.1) is 0 Å². The smallest absolute Gasteiger partial charge is 0.303 e. The van der Waals surface area contributed by atoms with Gasteiger partial charge in [-0.2, -0.15) is 0 Å². The Hall–Kier alpha value is -1.40. The summed E-state index contributed by atoms with van der Waals surface area (Å²) in [4.78, 5) is 35.0. The van der Waals surface area contributed by atoms with Gasteiger partial charge in [0.15, 0.2) is 0 Å². The molecule has 0 bridgehead atoms. The molecule has 2 aliphatic heterocycles. The minimum absolute atomic E-state index is 0.0686. The van der Waals surface area contributed by atoms with E-state index in [-0.39, 0.29) is 18.9 Å². The van der Waals surface area contributed by atoms with E-state index in [2.05, 4.69) is 5.32 Å². The van der Waals surface area contributed by atoms with Gasteiger partial charge < -0.3 is 29.5 Å². The molecule has 10 heteroatoms. The van der Waals surface area contributed by atoms with Crippen LogP contribution in [0.2, 0.25) is 0 Å². The number of nitrogens with zero attached hydrogens (tertiary/aromatic N) is 1. The monoisotopic (exact) mass is 440 g/mol. The summed E-state index contributed by atoms with van der Waals surface area (Å²) < 4.78 is 16.2. The van der Waals surface area contributed by atoms with Crippen molar-refractivity contribution in [1.29, 1.82) is 0 Å². The third kappa shape index (κ3) is 4.54. The van der Waals surface area contributed by atoms with Crippen molar-refractivity contribution in [1.82, 2.24) is 10.2 Å². The molecule has 0 aromatic heterocycles. The zero-order chi connectivity index (χ0) is 17.1. The second-order valence-electron chi connectivity index (χ2n) is 5.09. The van der Waals surface area contributed by atoms with E-state index in [1.54, 1.807) is 0 Å². The van der Waals surface area contributed by atoms with Crippen LogP contribution in [-0.2, 0) is 28.6 Å². The van der Waals surface area contributed by atoms with E-state index in [1.807, 2.05) is 22.6 Å². The van der Waals surface area contributed by atoms with Crippen molar-refractivity contribution in [3.63, 3.8) is 0 Å². The number of esters is 2. The molecule has 0 radical (unpaired) electrons. The van der Waals surface area contributed by atoms with Crippen molar-refractivity contribution in [2.24, 2.45) is 0 Å². The van der Waals surface area contributed by atoms with Crippen molar-refractivity contribution in [3.05, 3.63) is 9.78 Å². The van der Waals surface area contributed by atoms with Gasteiger partial charge in [-0.25, -0.2) is 0 Å². The van der Waals surface area contributed by atoms with Gasteiger partial charge in [-0.05, 0) is 22.6 Å². The molecule has 0 spiro atoms. The van der Waals surface area contributed by atoms with Crippen molar-refractivity contribution < 1.29 is 33.7 Å². The third-order valence-electron chi connectivity index (χ3n) is 3.30. The summed E-state index contributed by atoms with van der Waals surface area (Å²) in [5.74, 6) is -1.34. The van der Waals surface area contributed by atoms with Crippen molar-refractivity contribution in [2.45, 2.75) is 45.1 Å². The molecule has 4 atom stereocenters. The number of aliphatic hydroxyl groups excluding tert-OH is 1. The maximum absolute atomic E-state index is 11.5. The van der Waals surface area contributed by atoms with E-state index in [0.29, 0.717) is 3.58 Å². The SMILES string of the molecule is CC(=O)OC[C@H]1O[C@@H](N2C=C(I)C(=O)NC2O)C[C@H]1OC(C)=O. The van der Waals surface area contributed by atoms with Gasteiger partial charge in [-0.15, -0.1) is 0 Å². The molecule has 2 N–H and O–H groups in total. The minimum atomic E-state index is -1.25. The number of rotatable bonds is 4. The lowest BCUT2D eigenvalue weighted by Crippen LogP contribution is -2.53. The number of amides is 1. The predicted molar refractivity (Wildman–Crippen MR) is 83.6 cm³/mol. The molecule has 2 heterocycles. The lowest BCUT2D eigenvalue weighted by molar-refractivity contribution is -0.161. The van der Waals surface area contributed by atoms with E-state index < -0.39 is 36.7 Å². The summed E-state index contributed by atoms with van der Waals surface area (Å²) in [6.45, 7) is 2.47. The molecule has 1 saturated heterocycles. The summed E-state index contributed by atoms with van der Waals surface area (Å²) in [7, 11) is 0. The highest BCUT2D eigenvalue weighted by Crippen LogP contribution is 2.29. The molecule has 1 fully saturated rings. The van der Waals surface area contributed by atoms with Gasteiger partial charge in [0.1, 0.15) is 25.0 Å². The Bertz CT molecular complexity index is 538.